The molecule has 1 amide bonds. The monoisotopic (exact) mass is 424 g/mol. The van der Waals surface area contributed by atoms with Crippen molar-refractivity contribution in [3.05, 3.63) is 52.6 Å². The molecule has 0 unspecified atom stereocenters. The number of aromatic nitrogens is 1. The van der Waals surface area contributed by atoms with E-state index in [4.69, 9.17) is 5.14 Å². The van der Waals surface area contributed by atoms with Crippen LogP contribution >= 0.6 is 23.1 Å². The number of nitrogens with zero attached hydrogens (tertiary/aromatic N) is 2. The number of anilines is 1. The first kappa shape index (κ1) is 19.2. The van der Waals surface area contributed by atoms with Gasteiger partial charge in [0.15, 0.2) is 4.34 Å². The Morgan fingerprint density at radius 3 is 2.59 bits per heavy atom. The number of non-ortho nitro benzene ring substituents is 1. The van der Waals surface area contributed by atoms with Crippen molar-refractivity contribution in [1.29, 1.82) is 0 Å². The van der Waals surface area contributed by atoms with Crippen molar-refractivity contribution < 1.29 is 18.1 Å². The number of sulfonamides is 1. The van der Waals surface area contributed by atoms with E-state index in [1.54, 1.807) is 6.07 Å². The lowest BCUT2D eigenvalue weighted by molar-refractivity contribution is -0.384. The second-order valence-corrected chi connectivity index (χ2v) is 9.11. The molecule has 27 heavy (non-hydrogen) atoms. The molecule has 3 rings (SSSR count). The number of carbonyl (C=O) groups is 1. The van der Waals surface area contributed by atoms with Gasteiger partial charge in [-0.2, -0.15) is 0 Å². The van der Waals surface area contributed by atoms with Crippen LogP contribution in [-0.2, 0) is 14.8 Å². The van der Waals surface area contributed by atoms with E-state index in [9.17, 15) is 23.3 Å². The number of fused-ring (bicyclic) bond motifs is 1. The summed E-state index contributed by atoms with van der Waals surface area (Å²) in [5.41, 5.74) is 1.06. The van der Waals surface area contributed by atoms with Gasteiger partial charge in [-0.05, 0) is 30.3 Å². The third-order valence-corrected chi connectivity index (χ3v) is 6.45. The lowest BCUT2D eigenvalue weighted by Crippen LogP contribution is -2.15. The van der Waals surface area contributed by atoms with Crippen molar-refractivity contribution in [2.75, 3.05) is 11.1 Å². The third kappa shape index (κ3) is 4.80. The van der Waals surface area contributed by atoms with Crippen molar-refractivity contribution in [3.63, 3.8) is 0 Å². The van der Waals surface area contributed by atoms with Gasteiger partial charge in [0.2, 0.25) is 15.9 Å². The minimum atomic E-state index is -3.78. The van der Waals surface area contributed by atoms with Crippen LogP contribution in [0.2, 0.25) is 0 Å². The minimum Gasteiger partial charge on any atom is -0.325 e. The quantitative estimate of drug-likeness (QED) is 0.351. The zero-order valence-corrected chi connectivity index (χ0v) is 15.9. The number of rotatable bonds is 6. The molecule has 0 aliphatic heterocycles. The van der Waals surface area contributed by atoms with Crippen molar-refractivity contribution >= 4 is 60.6 Å². The zero-order chi connectivity index (χ0) is 19.6. The standard InChI is InChI=1S/C15H12N4O5S3/c16-27(23,24)11-4-1-9(2-5-11)17-14(20)8-25-15-18-12-6-3-10(19(21)22)7-13(12)26-15/h1-7H,8H2,(H,17,20)(H2,16,23,24). The summed E-state index contributed by atoms with van der Waals surface area (Å²) >= 11 is 2.47. The molecule has 0 radical (unpaired) electrons. The normalized spacial score (nSPS) is 11.4. The van der Waals surface area contributed by atoms with Gasteiger partial charge in [-0.25, -0.2) is 18.5 Å². The average molecular weight is 424 g/mol. The fraction of sp³-hybridized carbons (Fsp3) is 0.0667. The van der Waals surface area contributed by atoms with Gasteiger partial charge in [-0.15, -0.1) is 11.3 Å². The molecule has 0 spiro atoms. The molecule has 0 fully saturated rings. The van der Waals surface area contributed by atoms with Crippen LogP contribution in [0.3, 0.4) is 0 Å². The first-order valence-electron chi connectivity index (χ1n) is 7.33. The van der Waals surface area contributed by atoms with Gasteiger partial charge in [-0.1, -0.05) is 11.8 Å². The van der Waals surface area contributed by atoms with Crippen LogP contribution in [0, 0.1) is 10.1 Å². The fourth-order valence-corrected chi connectivity index (χ4v) is 4.54. The van der Waals surface area contributed by atoms with Gasteiger partial charge in [0.25, 0.3) is 5.69 Å². The van der Waals surface area contributed by atoms with Crippen LogP contribution in [0.25, 0.3) is 10.2 Å². The number of amides is 1. The minimum absolute atomic E-state index is 0.0108. The van der Waals surface area contributed by atoms with E-state index < -0.39 is 14.9 Å². The van der Waals surface area contributed by atoms with Gasteiger partial charge in [0, 0.05) is 17.8 Å². The largest absolute Gasteiger partial charge is 0.325 e. The molecule has 0 bridgehead atoms. The number of nitro benzene ring substituents is 1. The molecule has 1 heterocycles. The van der Waals surface area contributed by atoms with Crippen LogP contribution in [-0.4, -0.2) is 30.0 Å². The molecular formula is C15H12N4O5S3. The maximum Gasteiger partial charge on any atom is 0.270 e. The Bertz CT molecular complexity index is 1130. The molecule has 140 valence electrons. The molecule has 0 aliphatic rings. The Hall–Kier alpha value is -2.54. The summed E-state index contributed by atoms with van der Waals surface area (Å²) in [7, 11) is -3.78. The summed E-state index contributed by atoms with van der Waals surface area (Å²) in [5, 5.41) is 18.5. The highest BCUT2D eigenvalue weighted by atomic mass is 32.2. The maximum absolute atomic E-state index is 12.0. The Morgan fingerprint density at radius 1 is 1.26 bits per heavy atom. The van der Waals surface area contributed by atoms with Gasteiger partial charge < -0.3 is 5.32 Å². The first-order chi connectivity index (χ1) is 12.7. The van der Waals surface area contributed by atoms with Crippen LogP contribution in [0.4, 0.5) is 11.4 Å². The number of thiazole rings is 1. The first-order valence-corrected chi connectivity index (χ1v) is 10.7. The van der Waals surface area contributed by atoms with Crippen molar-refractivity contribution in [3.8, 4) is 0 Å². The van der Waals surface area contributed by atoms with Crippen molar-refractivity contribution in [2.45, 2.75) is 9.24 Å². The van der Waals surface area contributed by atoms with Crippen molar-refractivity contribution in [1.82, 2.24) is 4.98 Å². The maximum atomic E-state index is 12.0. The summed E-state index contributed by atoms with van der Waals surface area (Å²) in [6.45, 7) is 0. The van der Waals surface area contributed by atoms with E-state index in [0.29, 0.717) is 20.2 Å². The van der Waals surface area contributed by atoms with E-state index >= 15 is 0 Å². The molecule has 3 N–H and O–H groups in total. The summed E-state index contributed by atoms with van der Waals surface area (Å²) in [5.74, 6) is -0.215. The number of hydrogen-bond donors (Lipinski definition) is 2. The second kappa shape index (κ2) is 7.60. The van der Waals surface area contributed by atoms with Gasteiger partial charge in [0.05, 0.1) is 25.8 Å². The Labute approximate surface area is 161 Å². The number of nitro groups is 1. The average Bonchev–Trinajstić information content (AvgIpc) is 3.01. The SMILES string of the molecule is NS(=O)(=O)c1ccc(NC(=O)CSc2nc3ccc([N+](=O)[O-])cc3s2)cc1. The Kier molecular flexibility index (Phi) is 5.41. The number of nitrogens with one attached hydrogen (secondary N) is 1. The number of primary sulfonamides is 1. The van der Waals surface area contributed by atoms with Gasteiger partial charge in [-0.3, -0.25) is 14.9 Å². The number of nitrogens with two attached hydrogens (primary N) is 1. The fourth-order valence-electron chi connectivity index (χ4n) is 2.12. The second-order valence-electron chi connectivity index (χ2n) is 5.30. The lowest BCUT2D eigenvalue weighted by atomic mass is 10.3. The zero-order valence-electron chi connectivity index (χ0n) is 13.5. The molecule has 1 aromatic heterocycles. The molecule has 9 nitrogen and oxygen atoms in total. The van der Waals surface area contributed by atoms with Crippen molar-refractivity contribution in [2.24, 2.45) is 5.14 Å². The molecular weight excluding hydrogens is 412 g/mol. The molecule has 12 heteroatoms. The highest BCUT2D eigenvalue weighted by Gasteiger charge is 2.12. The van der Waals surface area contributed by atoms with E-state index in [2.05, 4.69) is 10.3 Å². The van der Waals surface area contributed by atoms with Gasteiger partial charge in [0.1, 0.15) is 0 Å². The Balaban J connectivity index is 1.62. The van der Waals surface area contributed by atoms with Crippen LogP contribution < -0.4 is 10.5 Å². The lowest BCUT2D eigenvalue weighted by Gasteiger charge is -2.05. The molecule has 2 aromatic carbocycles. The van der Waals surface area contributed by atoms with Crippen LogP contribution in [0.5, 0.6) is 0 Å². The third-order valence-electron chi connectivity index (χ3n) is 3.36. The molecule has 3 aromatic rings. The highest BCUT2D eigenvalue weighted by molar-refractivity contribution is 8.01. The summed E-state index contributed by atoms with van der Waals surface area (Å²) in [4.78, 5) is 26.7. The number of carbonyl (C=O) groups excluding carboxylic acids is 1. The smallest absolute Gasteiger partial charge is 0.270 e. The van der Waals surface area contributed by atoms with E-state index in [1.165, 1.54) is 59.5 Å². The van der Waals surface area contributed by atoms with Gasteiger partial charge >= 0.3 is 0 Å². The summed E-state index contributed by atoms with van der Waals surface area (Å²) in [6, 6.07) is 9.90. The molecule has 0 aliphatic carbocycles. The predicted octanol–water partition coefficient (Wildman–Crippen LogP) is 2.58. The summed E-state index contributed by atoms with van der Waals surface area (Å²) in [6.07, 6.45) is 0. The highest BCUT2D eigenvalue weighted by Crippen LogP contribution is 2.31. The van der Waals surface area contributed by atoms with Crippen LogP contribution in [0.1, 0.15) is 0 Å². The van der Waals surface area contributed by atoms with E-state index in [-0.39, 0.29) is 22.2 Å². The molecule has 0 saturated heterocycles. The number of thioether (sulfide) groups is 1. The van der Waals surface area contributed by atoms with E-state index in [1.807, 2.05) is 0 Å². The molecule has 0 atom stereocenters. The number of hydrogen-bond acceptors (Lipinski definition) is 8. The Morgan fingerprint density at radius 2 is 1.96 bits per heavy atom. The van der Waals surface area contributed by atoms with E-state index in [0.717, 1.165) is 0 Å². The number of benzene rings is 2. The summed E-state index contributed by atoms with van der Waals surface area (Å²) < 4.78 is 23.7. The van der Waals surface area contributed by atoms with Crippen LogP contribution in [0.15, 0.2) is 51.7 Å². The predicted molar refractivity (Wildman–Crippen MR) is 103 cm³/mol. The topological polar surface area (TPSA) is 145 Å². The molecule has 0 saturated carbocycles.